The van der Waals surface area contributed by atoms with E-state index in [0.29, 0.717) is 0 Å². The predicted octanol–water partition coefficient (Wildman–Crippen LogP) is 6.13. The molecule has 0 amide bonds. The van der Waals surface area contributed by atoms with Gasteiger partial charge in [-0.15, -0.1) is 0 Å². The van der Waals surface area contributed by atoms with Crippen LogP contribution < -0.4 is 4.57 Å². The number of aryl methyl sites for hydroxylation is 2. The van der Waals surface area contributed by atoms with Crippen molar-refractivity contribution < 1.29 is 4.57 Å². The van der Waals surface area contributed by atoms with Gasteiger partial charge < -0.3 is 4.57 Å². The van der Waals surface area contributed by atoms with Crippen LogP contribution in [-0.4, -0.2) is 9.55 Å². The molecule has 0 aliphatic heterocycles. The Morgan fingerprint density at radius 2 is 1.45 bits per heavy atom. The second-order valence-electron chi connectivity index (χ2n) is 8.10. The molecule has 6 rings (SSSR count). The van der Waals surface area contributed by atoms with Crippen molar-refractivity contribution in [3.8, 4) is 16.9 Å². The van der Waals surface area contributed by atoms with E-state index in [0.717, 1.165) is 16.7 Å². The third-order valence-corrected chi connectivity index (χ3v) is 6.15. The van der Waals surface area contributed by atoms with E-state index < -0.39 is 0 Å². The van der Waals surface area contributed by atoms with Crippen molar-refractivity contribution in [1.29, 1.82) is 0 Å². The largest absolute Gasteiger partial charge is 0.302 e. The first-order valence-electron chi connectivity index (χ1n) is 10.6. The van der Waals surface area contributed by atoms with Gasteiger partial charge in [0.15, 0.2) is 5.69 Å². The van der Waals surface area contributed by atoms with E-state index in [1.165, 1.54) is 38.5 Å². The number of aromatic nitrogens is 3. The fraction of sp³-hybridized carbons (Fsp3) is 0.0714. The van der Waals surface area contributed by atoms with Gasteiger partial charge in [-0.2, -0.15) is 0 Å². The highest BCUT2D eigenvalue weighted by molar-refractivity contribution is 6.10. The molecule has 0 unspecified atom stereocenters. The lowest BCUT2D eigenvalue weighted by molar-refractivity contribution is -0.662. The van der Waals surface area contributed by atoms with Crippen molar-refractivity contribution in [2.75, 3.05) is 0 Å². The summed E-state index contributed by atoms with van der Waals surface area (Å²) < 4.78 is 4.50. The lowest BCUT2D eigenvalue weighted by Gasteiger charge is -2.13. The molecular formula is C28H22N3+. The molecule has 0 N–H and O–H groups in total. The molecule has 0 saturated heterocycles. The smallest absolute Gasteiger partial charge is 0.287 e. The van der Waals surface area contributed by atoms with E-state index in [-0.39, 0.29) is 0 Å². The third-order valence-electron chi connectivity index (χ3n) is 6.15. The second kappa shape index (κ2) is 6.78. The molecule has 2 heterocycles. The van der Waals surface area contributed by atoms with Crippen molar-refractivity contribution in [3.63, 3.8) is 0 Å². The van der Waals surface area contributed by atoms with Crippen molar-refractivity contribution in [3.05, 3.63) is 103 Å². The van der Waals surface area contributed by atoms with E-state index in [1.807, 2.05) is 6.33 Å². The lowest BCUT2D eigenvalue weighted by atomic mass is 9.98. The highest BCUT2D eigenvalue weighted by Gasteiger charge is 2.25. The maximum Gasteiger partial charge on any atom is 0.287 e. The topological polar surface area (TPSA) is 21.7 Å². The summed E-state index contributed by atoms with van der Waals surface area (Å²) in [6.07, 6.45) is 1.94. The molecule has 3 heteroatoms. The zero-order valence-corrected chi connectivity index (χ0v) is 17.6. The van der Waals surface area contributed by atoms with Gasteiger partial charge in [-0.3, -0.25) is 0 Å². The zero-order chi connectivity index (χ0) is 20.9. The number of para-hydroxylation sites is 2. The summed E-state index contributed by atoms with van der Waals surface area (Å²) in [5, 5.41) is 3.68. The molecule has 6 aromatic rings. The van der Waals surface area contributed by atoms with Crippen LogP contribution in [0, 0.1) is 6.92 Å². The molecule has 31 heavy (non-hydrogen) atoms. The Morgan fingerprint density at radius 1 is 0.774 bits per heavy atom. The molecule has 0 spiro atoms. The standard InChI is InChI=1S/C28H22N3/c1-19-16-20-10-6-7-11-21(20)17-24(19)27-28-26(29-18-30(27)2)23-14-8-9-15-25(23)31(28)22-12-4-3-5-13-22/h3-18H,1-2H3/q+1. The maximum absolute atomic E-state index is 4.88. The summed E-state index contributed by atoms with van der Waals surface area (Å²) in [5.41, 5.74) is 8.13. The van der Waals surface area contributed by atoms with Crippen molar-refractivity contribution in [1.82, 2.24) is 9.55 Å². The van der Waals surface area contributed by atoms with E-state index in [2.05, 4.69) is 114 Å². The minimum absolute atomic E-state index is 1.03. The molecule has 0 aliphatic carbocycles. The molecule has 0 aliphatic rings. The number of nitrogens with zero attached hydrogens (tertiary/aromatic N) is 3. The van der Waals surface area contributed by atoms with Crippen molar-refractivity contribution >= 4 is 32.7 Å². The van der Waals surface area contributed by atoms with Gasteiger partial charge in [-0.25, -0.2) is 4.57 Å². The third kappa shape index (κ3) is 2.67. The zero-order valence-electron chi connectivity index (χ0n) is 17.6. The molecule has 4 aromatic carbocycles. The number of rotatable bonds is 2. The summed E-state index contributed by atoms with van der Waals surface area (Å²) in [7, 11) is 2.09. The van der Waals surface area contributed by atoms with Crippen molar-refractivity contribution in [2.24, 2.45) is 7.05 Å². The minimum atomic E-state index is 1.03. The fourth-order valence-electron chi connectivity index (χ4n) is 4.71. The van der Waals surface area contributed by atoms with E-state index in [9.17, 15) is 0 Å². The molecule has 0 radical (unpaired) electrons. The number of hydrogen-bond acceptors (Lipinski definition) is 1. The highest BCUT2D eigenvalue weighted by Crippen LogP contribution is 2.37. The first-order chi connectivity index (χ1) is 15.2. The molecule has 148 valence electrons. The van der Waals surface area contributed by atoms with E-state index >= 15 is 0 Å². The van der Waals surface area contributed by atoms with Crippen LogP contribution in [-0.2, 0) is 7.05 Å². The van der Waals surface area contributed by atoms with Gasteiger partial charge in [0.2, 0.25) is 5.52 Å². The van der Waals surface area contributed by atoms with Gasteiger partial charge in [0.25, 0.3) is 6.33 Å². The van der Waals surface area contributed by atoms with Gasteiger partial charge in [0.05, 0.1) is 18.0 Å². The molecule has 0 saturated carbocycles. The Morgan fingerprint density at radius 3 is 2.26 bits per heavy atom. The van der Waals surface area contributed by atoms with Gasteiger partial charge in [-0.05, 0) is 58.6 Å². The summed E-state index contributed by atoms with van der Waals surface area (Å²) in [5.74, 6) is 0. The van der Waals surface area contributed by atoms with Gasteiger partial charge in [-0.1, -0.05) is 60.7 Å². The summed E-state index contributed by atoms with van der Waals surface area (Å²) in [4.78, 5) is 4.88. The van der Waals surface area contributed by atoms with E-state index in [1.54, 1.807) is 0 Å². The van der Waals surface area contributed by atoms with Crippen LogP contribution in [0.4, 0.5) is 0 Å². The van der Waals surface area contributed by atoms with Crippen LogP contribution in [0.1, 0.15) is 5.56 Å². The van der Waals surface area contributed by atoms with Crippen molar-refractivity contribution in [2.45, 2.75) is 6.92 Å². The fourth-order valence-corrected chi connectivity index (χ4v) is 4.71. The van der Waals surface area contributed by atoms with Gasteiger partial charge in [0.1, 0.15) is 5.52 Å². The highest BCUT2D eigenvalue weighted by atomic mass is 15.1. The first-order valence-corrected chi connectivity index (χ1v) is 10.6. The predicted molar refractivity (Wildman–Crippen MR) is 127 cm³/mol. The summed E-state index contributed by atoms with van der Waals surface area (Å²) in [6.45, 7) is 2.20. The Kier molecular flexibility index (Phi) is 3.90. The van der Waals surface area contributed by atoms with Crippen LogP contribution in [0.3, 0.4) is 0 Å². The normalized spacial score (nSPS) is 11.5. The lowest BCUT2D eigenvalue weighted by Crippen LogP contribution is -2.32. The quantitative estimate of drug-likeness (QED) is 0.320. The number of hydrogen-bond donors (Lipinski definition) is 0. The Hall–Kier alpha value is -3.98. The van der Waals surface area contributed by atoms with Crippen LogP contribution in [0.2, 0.25) is 0 Å². The Labute approximate surface area is 180 Å². The molecule has 3 nitrogen and oxygen atoms in total. The van der Waals surface area contributed by atoms with E-state index in [4.69, 9.17) is 4.98 Å². The van der Waals surface area contributed by atoms with Crippen LogP contribution >= 0.6 is 0 Å². The molecule has 0 bridgehead atoms. The van der Waals surface area contributed by atoms with Gasteiger partial charge in [0, 0.05) is 11.3 Å². The molecule has 2 aromatic heterocycles. The van der Waals surface area contributed by atoms with Gasteiger partial charge >= 0.3 is 0 Å². The maximum atomic E-state index is 4.88. The minimum Gasteiger partial charge on any atom is -0.302 e. The average molecular weight is 401 g/mol. The SMILES string of the molecule is Cc1cc2ccccc2cc1-c1c2c(nc[n+]1C)c1ccccc1n2-c1ccccc1. The second-order valence-corrected chi connectivity index (χ2v) is 8.10. The average Bonchev–Trinajstić information content (AvgIpc) is 3.14. The number of benzene rings is 4. The Balaban J connectivity index is 1.82. The van der Waals surface area contributed by atoms with Crippen LogP contribution in [0.15, 0.2) is 97.3 Å². The summed E-state index contributed by atoms with van der Waals surface area (Å²) in [6, 6.07) is 32.3. The molecule has 0 atom stereocenters. The molecular weight excluding hydrogens is 378 g/mol. The summed E-state index contributed by atoms with van der Waals surface area (Å²) >= 11 is 0. The van der Waals surface area contributed by atoms with Crippen LogP contribution in [0.25, 0.3) is 49.7 Å². The first kappa shape index (κ1) is 17.8. The number of fused-ring (bicyclic) bond motifs is 4. The monoisotopic (exact) mass is 400 g/mol. The molecule has 0 fully saturated rings. The Bertz CT molecular complexity index is 1590. The van der Waals surface area contributed by atoms with Crippen LogP contribution in [0.5, 0.6) is 0 Å².